The number of fused-ring (bicyclic) bond motifs is 1. The standard InChI is InChI=1S/C17H19ClN4OS.ClH/c1-10(19)7-8-20-16(23)15-9-12-11(2)21-22(17(12)24-15)14-6-4-3-5-13(14)18;/h3-6,9-10H,7-8,19H2,1-2H3,(H,20,23);1H. The van der Waals surface area contributed by atoms with E-state index in [4.69, 9.17) is 17.3 Å². The smallest absolute Gasteiger partial charge is 0.261 e. The van der Waals surface area contributed by atoms with E-state index < -0.39 is 0 Å². The Morgan fingerprint density at radius 2 is 2.16 bits per heavy atom. The van der Waals surface area contributed by atoms with Gasteiger partial charge in [0.25, 0.3) is 5.91 Å². The van der Waals surface area contributed by atoms with E-state index in [-0.39, 0.29) is 24.4 Å². The number of nitrogens with one attached hydrogen (secondary N) is 1. The van der Waals surface area contributed by atoms with Crippen LogP contribution in [0.25, 0.3) is 15.9 Å². The Bertz CT molecular complexity index is 888. The van der Waals surface area contributed by atoms with Gasteiger partial charge in [-0.3, -0.25) is 4.79 Å². The number of hydrogen-bond acceptors (Lipinski definition) is 4. The molecule has 0 bridgehead atoms. The zero-order valence-corrected chi connectivity index (χ0v) is 16.3. The van der Waals surface area contributed by atoms with Gasteiger partial charge in [-0.1, -0.05) is 23.7 Å². The number of aryl methyl sites for hydroxylation is 1. The second kappa shape index (κ2) is 8.19. The van der Waals surface area contributed by atoms with E-state index in [9.17, 15) is 4.79 Å². The van der Waals surface area contributed by atoms with E-state index in [1.54, 1.807) is 4.68 Å². The normalized spacial score (nSPS) is 12.0. The fraction of sp³-hybridized carbons (Fsp3) is 0.294. The summed E-state index contributed by atoms with van der Waals surface area (Å²) in [5, 5.41) is 9.06. The molecule has 1 aromatic carbocycles. The Morgan fingerprint density at radius 3 is 2.84 bits per heavy atom. The highest BCUT2D eigenvalue weighted by molar-refractivity contribution is 7.20. The highest BCUT2D eigenvalue weighted by Crippen LogP contribution is 2.32. The van der Waals surface area contributed by atoms with Crippen LogP contribution in [0.5, 0.6) is 0 Å². The predicted octanol–water partition coefficient (Wildman–Crippen LogP) is 3.94. The minimum atomic E-state index is -0.0815. The summed E-state index contributed by atoms with van der Waals surface area (Å²) in [7, 11) is 0. The largest absolute Gasteiger partial charge is 0.351 e. The fourth-order valence-corrected chi connectivity index (χ4v) is 3.75. The van der Waals surface area contributed by atoms with Gasteiger partial charge in [0.05, 0.1) is 21.3 Å². The minimum Gasteiger partial charge on any atom is -0.351 e. The average Bonchev–Trinajstić information content (AvgIpc) is 3.09. The van der Waals surface area contributed by atoms with Crippen molar-refractivity contribution in [1.82, 2.24) is 15.1 Å². The molecular formula is C17H20Cl2N4OS. The lowest BCUT2D eigenvalue weighted by atomic mass is 10.2. The maximum absolute atomic E-state index is 12.3. The van der Waals surface area contributed by atoms with Crippen molar-refractivity contribution in [3.05, 3.63) is 45.9 Å². The van der Waals surface area contributed by atoms with Crippen LogP contribution in [0.4, 0.5) is 0 Å². The molecule has 0 aliphatic heterocycles. The number of hydrogen-bond donors (Lipinski definition) is 2. The first-order valence-electron chi connectivity index (χ1n) is 7.75. The molecular weight excluding hydrogens is 379 g/mol. The maximum Gasteiger partial charge on any atom is 0.261 e. The number of aromatic nitrogens is 2. The number of amides is 1. The number of nitrogens with two attached hydrogens (primary N) is 1. The number of halogens is 2. The van der Waals surface area contributed by atoms with Crippen LogP contribution < -0.4 is 11.1 Å². The molecule has 2 aromatic heterocycles. The van der Waals surface area contributed by atoms with Crippen molar-refractivity contribution < 1.29 is 4.79 Å². The molecule has 3 aromatic rings. The summed E-state index contributed by atoms with van der Waals surface area (Å²) in [5.74, 6) is -0.0815. The first-order valence-corrected chi connectivity index (χ1v) is 8.94. The lowest BCUT2D eigenvalue weighted by molar-refractivity contribution is 0.0957. The number of benzene rings is 1. The van der Waals surface area contributed by atoms with Gasteiger partial charge in [0.2, 0.25) is 0 Å². The number of para-hydroxylation sites is 1. The van der Waals surface area contributed by atoms with Crippen molar-refractivity contribution in [2.75, 3.05) is 6.54 Å². The molecule has 25 heavy (non-hydrogen) atoms. The van der Waals surface area contributed by atoms with E-state index in [0.29, 0.717) is 16.4 Å². The first kappa shape index (κ1) is 19.7. The first-order chi connectivity index (χ1) is 11.5. The van der Waals surface area contributed by atoms with Crippen molar-refractivity contribution >= 4 is 51.5 Å². The van der Waals surface area contributed by atoms with Crippen LogP contribution in [-0.4, -0.2) is 28.3 Å². The van der Waals surface area contributed by atoms with Crippen molar-refractivity contribution in [2.45, 2.75) is 26.3 Å². The molecule has 1 atom stereocenters. The van der Waals surface area contributed by atoms with Gasteiger partial charge in [-0.15, -0.1) is 23.7 Å². The van der Waals surface area contributed by atoms with E-state index in [0.717, 1.165) is 28.0 Å². The molecule has 0 aliphatic carbocycles. The molecule has 3 N–H and O–H groups in total. The van der Waals surface area contributed by atoms with Gasteiger partial charge in [-0.05, 0) is 38.5 Å². The number of thiophene rings is 1. The third-order valence-corrected chi connectivity index (χ3v) is 5.16. The third kappa shape index (κ3) is 4.15. The van der Waals surface area contributed by atoms with Crippen molar-refractivity contribution in [3.8, 4) is 5.69 Å². The molecule has 0 aliphatic rings. The lowest BCUT2D eigenvalue weighted by Crippen LogP contribution is -2.28. The summed E-state index contributed by atoms with van der Waals surface area (Å²) < 4.78 is 1.80. The molecule has 8 heteroatoms. The number of carbonyl (C=O) groups excluding carboxylic acids is 1. The van der Waals surface area contributed by atoms with Crippen LogP contribution >= 0.6 is 35.3 Å². The summed E-state index contributed by atoms with van der Waals surface area (Å²) in [6, 6.07) is 9.50. The van der Waals surface area contributed by atoms with Gasteiger partial charge < -0.3 is 11.1 Å². The Labute approximate surface area is 161 Å². The monoisotopic (exact) mass is 398 g/mol. The van der Waals surface area contributed by atoms with Crippen molar-refractivity contribution in [3.63, 3.8) is 0 Å². The van der Waals surface area contributed by atoms with Crippen molar-refractivity contribution in [2.24, 2.45) is 5.73 Å². The molecule has 0 radical (unpaired) electrons. The van der Waals surface area contributed by atoms with E-state index in [1.165, 1.54) is 11.3 Å². The van der Waals surface area contributed by atoms with E-state index in [2.05, 4.69) is 10.4 Å². The van der Waals surface area contributed by atoms with Gasteiger partial charge in [-0.2, -0.15) is 5.10 Å². The topological polar surface area (TPSA) is 72.9 Å². The minimum absolute atomic E-state index is 0. The van der Waals surface area contributed by atoms with Gasteiger partial charge in [-0.25, -0.2) is 4.68 Å². The van der Waals surface area contributed by atoms with E-state index >= 15 is 0 Å². The van der Waals surface area contributed by atoms with Crippen molar-refractivity contribution in [1.29, 1.82) is 0 Å². The average molecular weight is 399 g/mol. The second-order valence-electron chi connectivity index (χ2n) is 5.80. The van der Waals surface area contributed by atoms with Crippen LogP contribution in [0.1, 0.15) is 28.7 Å². The molecule has 3 rings (SSSR count). The quantitative estimate of drug-likeness (QED) is 0.683. The number of nitrogens with zero attached hydrogens (tertiary/aromatic N) is 2. The summed E-state index contributed by atoms with van der Waals surface area (Å²) >= 11 is 7.70. The summed E-state index contributed by atoms with van der Waals surface area (Å²) in [6.45, 7) is 4.42. The van der Waals surface area contributed by atoms with Crippen LogP contribution in [0, 0.1) is 6.92 Å². The Kier molecular flexibility index (Phi) is 6.46. The summed E-state index contributed by atoms with van der Waals surface area (Å²) in [5.41, 5.74) is 7.39. The van der Waals surface area contributed by atoms with Gasteiger partial charge in [0.1, 0.15) is 4.83 Å². The summed E-state index contributed by atoms with van der Waals surface area (Å²) in [6.07, 6.45) is 0.753. The molecule has 0 spiro atoms. The van der Waals surface area contributed by atoms with Gasteiger partial charge >= 0.3 is 0 Å². The van der Waals surface area contributed by atoms with Crippen LogP contribution in [0.2, 0.25) is 5.02 Å². The van der Waals surface area contributed by atoms with Crippen LogP contribution in [0.15, 0.2) is 30.3 Å². The third-order valence-electron chi connectivity index (χ3n) is 3.73. The molecule has 0 fully saturated rings. The maximum atomic E-state index is 12.3. The van der Waals surface area contributed by atoms with Crippen LogP contribution in [-0.2, 0) is 0 Å². The zero-order chi connectivity index (χ0) is 17.3. The lowest BCUT2D eigenvalue weighted by Gasteiger charge is -2.06. The Balaban J connectivity index is 0.00000225. The molecule has 2 heterocycles. The Morgan fingerprint density at radius 1 is 1.44 bits per heavy atom. The fourth-order valence-electron chi connectivity index (χ4n) is 2.45. The predicted molar refractivity (Wildman–Crippen MR) is 107 cm³/mol. The second-order valence-corrected chi connectivity index (χ2v) is 7.24. The number of rotatable bonds is 5. The highest BCUT2D eigenvalue weighted by Gasteiger charge is 2.18. The van der Waals surface area contributed by atoms with E-state index in [1.807, 2.05) is 44.2 Å². The molecule has 5 nitrogen and oxygen atoms in total. The van der Waals surface area contributed by atoms with Crippen LogP contribution in [0.3, 0.4) is 0 Å². The molecule has 0 saturated heterocycles. The highest BCUT2D eigenvalue weighted by atomic mass is 35.5. The van der Waals surface area contributed by atoms with Gasteiger partial charge in [0, 0.05) is 18.0 Å². The molecule has 0 saturated carbocycles. The molecule has 134 valence electrons. The Hall–Kier alpha value is -1.60. The SMILES string of the molecule is Cc1nn(-c2ccccc2Cl)c2sc(C(=O)NCCC(C)N)cc12.Cl. The zero-order valence-electron chi connectivity index (χ0n) is 14.0. The molecule has 1 amide bonds. The number of carbonyl (C=O) groups is 1. The molecule has 1 unspecified atom stereocenters. The van der Waals surface area contributed by atoms with Gasteiger partial charge in [0.15, 0.2) is 0 Å². The summed E-state index contributed by atoms with van der Waals surface area (Å²) in [4.78, 5) is 13.9.